The molecule has 2 aromatic rings. The smallest absolute Gasteiger partial charge is 0.288 e. The molecular formula is C19H23N5O. The highest BCUT2D eigenvalue weighted by Gasteiger charge is 2.13. The lowest BCUT2D eigenvalue weighted by Gasteiger charge is -2.14. The van der Waals surface area contributed by atoms with Crippen LogP contribution in [-0.2, 0) is 4.79 Å². The molecule has 1 fully saturated rings. The highest BCUT2D eigenvalue weighted by Crippen LogP contribution is 2.17. The van der Waals surface area contributed by atoms with E-state index >= 15 is 0 Å². The third-order valence-corrected chi connectivity index (χ3v) is 4.45. The molecule has 2 N–H and O–H groups in total. The van der Waals surface area contributed by atoms with Crippen molar-refractivity contribution in [2.75, 3.05) is 26.2 Å². The van der Waals surface area contributed by atoms with Crippen LogP contribution in [0.4, 0.5) is 0 Å². The molecule has 1 saturated heterocycles. The Labute approximate surface area is 147 Å². The van der Waals surface area contributed by atoms with Gasteiger partial charge in [0.1, 0.15) is 0 Å². The Morgan fingerprint density at radius 3 is 2.84 bits per heavy atom. The Morgan fingerprint density at radius 1 is 1.28 bits per heavy atom. The van der Waals surface area contributed by atoms with Gasteiger partial charge in [0.25, 0.3) is 5.91 Å². The maximum atomic E-state index is 12.1. The standard InChI is InChI=1S/C19H23N5O/c1-14(15-8-9-21-17-7-3-2-6-16(15)17)23-18(20)19(25)22-10-13-24-11-4-5-12-24/h2-3,6-9,20H,4-5,10-13H2,1H3,(H,22,25)/b20-18?,23-14+. The molecule has 1 amide bonds. The number of aliphatic imine (C=N–C) groups is 1. The molecule has 2 heterocycles. The second-order valence-corrected chi connectivity index (χ2v) is 6.23. The van der Waals surface area contributed by atoms with Gasteiger partial charge in [-0.15, -0.1) is 0 Å². The summed E-state index contributed by atoms with van der Waals surface area (Å²) < 4.78 is 0. The Morgan fingerprint density at radius 2 is 2.04 bits per heavy atom. The molecule has 1 aliphatic heterocycles. The van der Waals surface area contributed by atoms with Crippen LogP contribution in [0.1, 0.15) is 25.3 Å². The first-order valence-electron chi connectivity index (χ1n) is 8.63. The minimum absolute atomic E-state index is 0.264. The summed E-state index contributed by atoms with van der Waals surface area (Å²) in [6, 6.07) is 9.64. The van der Waals surface area contributed by atoms with E-state index in [2.05, 4.69) is 20.2 Å². The van der Waals surface area contributed by atoms with Crippen LogP contribution in [0.25, 0.3) is 10.9 Å². The number of benzene rings is 1. The SMILES string of the molecule is C/C(=N\C(=N)C(=O)NCCN1CCCC1)c1ccnc2ccccc12. The van der Waals surface area contributed by atoms with Gasteiger partial charge in [-0.05, 0) is 45.0 Å². The number of aromatic nitrogens is 1. The topological polar surface area (TPSA) is 81.4 Å². The number of amidine groups is 1. The van der Waals surface area contributed by atoms with E-state index in [0.717, 1.165) is 36.1 Å². The van der Waals surface area contributed by atoms with Gasteiger partial charge in [-0.25, -0.2) is 4.99 Å². The fourth-order valence-corrected chi connectivity index (χ4v) is 3.11. The molecule has 25 heavy (non-hydrogen) atoms. The number of carbonyl (C=O) groups excluding carboxylic acids is 1. The molecule has 0 spiro atoms. The molecule has 130 valence electrons. The van der Waals surface area contributed by atoms with E-state index in [1.54, 1.807) is 6.20 Å². The zero-order valence-electron chi connectivity index (χ0n) is 14.5. The average molecular weight is 337 g/mol. The first-order chi connectivity index (χ1) is 12.1. The van der Waals surface area contributed by atoms with Crippen LogP contribution < -0.4 is 5.32 Å². The second kappa shape index (κ2) is 7.98. The number of fused-ring (bicyclic) bond motifs is 1. The number of nitrogens with one attached hydrogen (secondary N) is 2. The number of nitrogens with zero attached hydrogens (tertiary/aromatic N) is 3. The highest BCUT2D eigenvalue weighted by atomic mass is 16.2. The molecule has 1 aliphatic rings. The summed E-state index contributed by atoms with van der Waals surface area (Å²) in [7, 11) is 0. The van der Waals surface area contributed by atoms with Crippen LogP contribution >= 0.6 is 0 Å². The number of amides is 1. The van der Waals surface area contributed by atoms with Gasteiger partial charge in [0.15, 0.2) is 0 Å². The van der Waals surface area contributed by atoms with Crippen LogP contribution in [0, 0.1) is 5.41 Å². The van der Waals surface area contributed by atoms with Crippen molar-refractivity contribution in [3.8, 4) is 0 Å². The number of rotatable bonds is 4. The van der Waals surface area contributed by atoms with E-state index in [4.69, 9.17) is 5.41 Å². The number of likely N-dealkylation sites (tertiary alicyclic amines) is 1. The number of hydrogen-bond donors (Lipinski definition) is 2. The average Bonchev–Trinajstić information content (AvgIpc) is 3.14. The largest absolute Gasteiger partial charge is 0.348 e. The first-order valence-corrected chi connectivity index (χ1v) is 8.63. The Kier molecular flexibility index (Phi) is 5.50. The summed E-state index contributed by atoms with van der Waals surface area (Å²) in [5.74, 6) is -0.697. The van der Waals surface area contributed by atoms with Crippen molar-refractivity contribution in [3.63, 3.8) is 0 Å². The van der Waals surface area contributed by atoms with Gasteiger partial charge in [0.2, 0.25) is 5.84 Å². The van der Waals surface area contributed by atoms with Crippen molar-refractivity contribution in [2.24, 2.45) is 4.99 Å². The van der Waals surface area contributed by atoms with Crippen molar-refractivity contribution in [1.82, 2.24) is 15.2 Å². The van der Waals surface area contributed by atoms with Crippen LogP contribution in [0.3, 0.4) is 0 Å². The van der Waals surface area contributed by atoms with Crippen molar-refractivity contribution < 1.29 is 4.79 Å². The summed E-state index contributed by atoms with van der Waals surface area (Å²) >= 11 is 0. The molecule has 0 radical (unpaired) electrons. The third-order valence-electron chi connectivity index (χ3n) is 4.45. The van der Waals surface area contributed by atoms with Crippen molar-refractivity contribution in [2.45, 2.75) is 19.8 Å². The van der Waals surface area contributed by atoms with Crippen molar-refractivity contribution >= 4 is 28.4 Å². The van der Waals surface area contributed by atoms with E-state index in [-0.39, 0.29) is 5.84 Å². The van der Waals surface area contributed by atoms with Gasteiger partial charge in [-0.3, -0.25) is 15.2 Å². The molecule has 3 rings (SSSR count). The monoisotopic (exact) mass is 337 g/mol. The molecule has 1 aromatic carbocycles. The van der Waals surface area contributed by atoms with E-state index in [1.165, 1.54) is 12.8 Å². The molecule has 0 saturated carbocycles. The fourth-order valence-electron chi connectivity index (χ4n) is 3.11. The summed E-state index contributed by atoms with van der Waals surface area (Å²) in [4.78, 5) is 22.9. The second-order valence-electron chi connectivity index (χ2n) is 6.23. The van der Waals surface area contributed by atoms with Crippen molar-refractivity contribution in [3.05, 3.63) is 42.1 Å². The fraction of sp³-hybridized carbons (Fsp3) is 0.368. The predicted octanol–water partition coefficient (Wildman–Crippen LogP) is 2.23. The molecule has 0 aliphatic carbocycles. The molecule has 0 bridgehead atoms. The molecular weight excluding hydrogens is 314 g/mol. The van der Waals surface area contributed by atoms with Gasteiger partial charge in [0, 0.05) is 35.9 Å². The highest BCUT2D eigenvalue weighted by molar-refractivity contribution is 6.39. The minimum Gasteiger partial charge on any atom is -0.348 e. The molecule has 1 aromatic heterocycles. The zero-order chi connectivity index (χ0) is 17.6. The summed E-state index contributed by atoms with van der Waals surface area (Å²) in [5.41, 5.74) is 2.40. The van der Waals surface area contributed by atoms with Gasteiger partial charge in [0.05, 0.1) is 5.52 Å². The summed E-state index contributed by atoms with van der Waals surface area (Å²) in [6.45, 7) is 5.39. The first kappa shape index (κ1) is 17.2. The number of para-hydroxylation sites is 1. The lowest BCUT2D eigenvalue weighted by molar-refractivity contribution is -0.115. The van der Waals surface area contributed by atoms with E-state index in [0.29, 0.717) is 12.3 Å². The van der Waals surface area contributed by atoms with E-state index < -0.39 is 5.91 Å². The quantitative estimate of drug-likeness (QED) is 0.663. The van der Waals surface area contributed by atoms with Crippen LogP contribution in [-0.4, -0.2) is 53.5 Å². The maximum absolute atomic E-state index is 12.1. The minimum atomic E-state index is -0.433. The molecule has 0 atom stereocenters. The van der Waals surface area contributed by atoms with Crippen LogP contribution in [0.5, 0.6) is 0 Å². The summed E-state index contributed by atoms with van der Waals surface area (Å²) in [5, 5.41) is 11.7. The van der Waals surface area contributed by atoms with Crippen molar-refractivity contribution in [1.29, 1.82) is 5.41 Å². The molecule has 6 nitrogen and oxygen atoms in total. The van der Waals surface area contributed by atoms with E-state index in [1.807, 2.05) is 37.3 Å². The number of pyridine rings is 1. The van der Waals surface area contributed by atoms with Gasteiger partial charge < -0.3 is 10.2 Å². The van der Waals surface area contributed by atoms with Gasteiger partial charge in [-0.2, -0.15) is 0 Å². The Hall–Kier alpha value is -2.60. The lowest BCUT2D eigenvalue weighted by Crippen LogP contribution is -2.36. The third kappa shape index (κ3) is 4.28. The zero-order valence-corrected chi connectivity index (χ0v) is 14.5. The lowest BCUT2D eigenvalue weighted by atomic mass is 10.1. The Bertz CT molecular complexity index is 803. The number of hydrogen-bond acceptors (Lipinski definition) is 4. The summed E-state index contributed by atoms with van der Waals surface area (Å²) in [6.07, 6.45) is 4.18. The maximum Gasteiger partial charge on any atom is 0.288 e. The van der Waals surface area contributed by atoms with Crippen LogP contribution in [0.15, 0.2) is 41.5 Å². The predicted molar refractivity (Wildman–Crippen MR) is 100 cm³/mol. The Balaban J connectivity index is 1.64. The molecule has 6 heteroatoms. The molecule has 0 unspecified atom stereocenters. The normalized spacial score (nSPS) is 15.5. The van der Waals surface area contributed by atoms with Gasteiger partial charge >= 0.3 is 0 Å². The van der Waals surface area contributed by atoms with Gasteiger partial charge in [-0.1, -0.05) is 18.2 Å². The van der Waals surface area contributed by atoms with Crippen LogP contribution in [0.2, 0.25) is 0 Å². The van der Waals surface area contributed by atoms with E-state index in [9.17, 15) is 4.79 Å². The number of carbonyl (C=O) groups is 1.